The van der Waals surface area contributed by atoms with Gasteiger partial charge in [-0.1, -0.05) is 34.6 Å². The molecule has 0 bridgehead atoms. The largest absolute Gasteiger partial charge is 0.480 e. The summed E-state index contributed by atoms with van der Waals surface area (Å²) in [6.45, 7) is 12.5. The van der Waals surface area contributed by atoms with Crippen LogP contribution in [0.2, 0.25) is 0 Å². The van der Waals surface area contributed by atoms with Crippen LogP contribution >= 0.6 is 0 Å². The second-order valence-corrected chi connectivity index (χ2v) is 6.59. The van der Waals surface area contributed by atoms with Crippen molar-refractivity contribution in [2.24, 2.45) is 7.05 Å². The molecule has 3 rings (SSSR count). The summed E-state index contributed by atoms with van der Waals surface area (Å²) in [6, 6.07) is 6.37. The van der Waals surface area contributed by atoms with Crippen LogP contribution in [0.5, 0.6) is 5.88 Å². The molecule has 0 unspecified atom stereocenters. The zero-order valence-corrected chi connectivity index (χ0v) is 17.3. The van der Waals surface area contributed by atoms with Crippen LogP contribution in [0.25, 0.3) is 22.3 Å². The maximum Gasteiger partial charge on any atom is 0.222 e. The molecule has 0 fully saturated rings. The highest BCUT2D eigenvalue weighted by Crippen LogP contribution is 2.33. The molecule has 0 aliphatic rings. The molecule has 0 N–H and O–H groups in total. The lowest BCUT2D eigenvalue weighted by molar-refractivity contribution is 0.397. The van der Waals surface area contributed by atoms with Crippen LogP contribution in [0.3, 0.4) is 0 Å². The standard InChI is InChI=1S/C20H25N3O.C2H6/c1-7-14-11-23(5)19-16(14)10-13(4)18(22-19)15-8-9-17(12(2)3)21-20(15)24-6;1-2/h8-12H,7H2,1-6H3;1-2H3. The van der Waals surface area contributed by atoms with Crippen molar-refractivity contribution in [2.45, 2.75) is 53.9 Å². The van der Waals surface area contributed by atoms with E-state index in [1.54, 1.807) is 7.11 Å². The Labute approximate surface area is 157 Å². The molecule has 3 aromatic heterocycles. The molecule has 26 heavy (non-hydrogen) atoms. The summed E-state index contributed by atoms with van der Waals surface area (Å²) in [6.07, 6.45) is 3.17. The first-order chi connectivity index (χ1) is 12.5. The number of rotatable bonds is 4. The number of hydrogen-bond donors (Lipinski definition) is 0. The molecule has 0 saturated carbocycles. The monoisotopic (exact) mass is 353 g/mol. The van der Waals surface area contributed by atoms with E-state index in [1.807, 2.05) is 20.9 Å². The van der Waals surface area contributed by atoms with Gasteiger partial charge >= 0.3 is 0 Å². The van der Waals surface area contributed by atoms with Crippen molar-refractivity contribution in [2.75, 3.05) is 7.11 Å². The van der Waals surface area contributed by atoms with Gasteiger partial charge < -0.3 is 9.30 Å². The molecule has 4 heteroatoms. The van der Waals surface area contributed by atoms with E-state index in [0.717, 1.165) is 34.6 Å². The number of methoxy groups -OCH3 is 1. The van der Waals surface area contributed by atoms with E-state index >= 15 is 0 Å². The zero-order chi connectivity index (χ0) is 19.4. The number of pyridine rings is 2. The smallest absolute Gasteiger partial charge is 0.222 e. The molecule has 140 valence electrons. The van der Waals surface area contributed by atoms with Gasteiger partial charge in [0, 0.05) is 24.3 Å². The van der Waals surface area contributed by atoms with Gasteiger partial charge in [-0.3, -0.25) is 0 Å². The van der Waals surface area contributed by atoms with Crippen molar-refractivity contribution in [3.63, 3.8) is 0 Å². The third-order valence-corrected chi connectivity index (χ3v) is 4.53. The van der Waals surface area contributed by atoms with E-state index < -0.39 is 0 Å². The highest BCUT2D eigenvalue weighted by atomic mass is 16.5. The molecule has 0 aliphatic carbocycles. The first-order valence-electron chi connectivity index (χ1n) is 9.47. The summed E-state index contributed by atoms with van der Waals surface area (Å²) < 4.78 is 7.65. The predicted octanol–water partition coefficient (Wildman–Crippen LogP) is 5.66. The van der Waals surface area contributed by atoms with Crippen molar-refractivity contribution in [3.8, 4) is 17.1 Å². The SMILES string of the molecule is CC.CCc1cn(C)c2nc(-c3ccc(C(C)C)nc3OC)c(C)cc12. The number of hydrogen-bond acceptors (Lipinski definition) is 3. The lowest BCUT2D eigenvalue weighted by atomic mass is 10.0. The van der Waals surface area contributed by atoms with E-state index in [4.69, 9.17) is 9.72 Å². The maximum absolute atomic E-state index is 5.56. The summed E-state index contributed by atoms with van der Waals surface area (Å²) in [5.74, 6) is 1.01. The summed E-state index contributed by atoms with van der Waals surface area (Å²) in [4.78, 5) is 9.60. The molecule has 3 heterocycles. The minimum atomic E-state index is 0.365. The van der Waals surface area contributed by atoms with E-state index in [0.29, 0.717) is 11.8 Å². The van der Waals surface area contributed by atoms with Crippen molar-refractivity contribution < 1.29 is 4.74 Å². The van der Waals surface area contributed by atoms with Crippen molar-refractivity contribution in [1.29, 1.82) is 0 Å². The van der Waals surface area contributed by atoms with Gasteiger partial charge in [-0.2, -0.15) is 0 Å². The number of ether oxygens (including phenoxy) is 1. The zero-order valence-electron chi connectivity index (χ0n) is 17.3. The Morgan fingerprint density at radius 3 is 2.42 bits per heavy atom. The molecule has 4 nitrogen and oxygen atoms in total. The molecule has 0 radical (unpaired) electrons. The molecular formula is C22H31N3O. The lowest BCUT2D eigenvalue weighted by Crippen LogP contribution is -2.00. The third kappa shape index (κ3) is 3.59. The van der Waals surface area contributed by atoms with Crippen LogP contribution in [-0.2, 0) is 13.5 Å². The summed E-state index contributed by atoms with van der Waals surface area (Å²) in [7, 11) is 3.71. The third-order valence-electron chi connectivity index (χ3n) is 4.53. The van der Waals surface area contributed by atoms with Gasteiger partial charge in [0.2, 0.25) is 5.88 Å². The summed E-state index contributed by atoms with van der Waals surface area (Å²) in [5.41, 5.74) is 6.38. The maximum atomic E-state index is 5.56. The fourth-order valence-corrected chi connectivity index (χ4v) is 3.14. The normalized spacial score (nSPS) is 10.8. The van der Waals surface area contributed by atoms with Crippen LogP contribution in [-0.4, -0.2) is 21.6 Å². The fourth-order valence-electron chi connectivity index (χ4n) is 3.14. The lowest BCUT2D eigenvalue weighted by Gasteiger charge is -2.13. The average molecular weight is 354 g/mol. The molecule has 0 aliphatic heterocycles. The van der Waals surface area contributed by atoms with E-state index in [1.165, 1.54) is 10.9 Å². The predicted molar refractivity (Wildman–Crippen MR) is 110 cm³/mol. The first kappa shape index (κ1) is 20.0. The molecule has 3 aromatic rings. The van der Waals surface area contributed by atoms with Crippen molar-refractivity contribution in [3.05, 3.63) is 41.2 Å². The minimum absolute atomic E-state index is 0.365. The van der Waals surface area contributed by atoms with Gasteiger partial charge in [-0.15, -0.1) is 0 Å². The Balaban J connectivity index is 0.00000117. The van der Waals surface area contributed by atoms with Gasteiger partial charge in [-0.05, 0) is 48.6 Å². The molecular weight excluding hydrogens is 322 g/mol. The van der Waals surface area contributed by atoms with Gasteiger partial charge in [-0.25, -0.2) is 9.97 Å². The Morgan fingerprint density at radius 2 is 1.85 bits per heavy atom. The Morgan fingerprint density at radius 1 is 1.15 bits per heavy atom. The summed E-state index contributed by atoms with van der Waals surface area (Å²) >= 11 is 0. The Bertz CT molecular complexity index is 894. The van der Waals surface area contributed by atoms with Crippen molar-refractivity contribution in [1.82, 2.24) is 14.5 Å². The van der Waals surface area contributed by atoms with Gasteiger partial charge in [0.25, 0.3) is 0 Å². The van der Waals surface area contributed by atoms with Gasteiger partial charge in [0.15, 0.2) is 0 Å². The number of aryl methyl sites for hydroxylation is 3. The van der Waals surface area contributed by atoms with Crippen LogP contribution in [0.1, 0.15) is 57.4 Å². The van der Waals surface area contributed by atoms with Crippen LogP contribution in [0.4, 0.5) is 0 Å². The quantitative estimate of drug-likeness (QED) is 0.607. The van der Waals surface area contributed by atoms with Crippen LogP contribution < -0.4 is 4.74 Å². The minimum Gasteiger partial charge on any atom is -0.480 e. The average Bonchev–Trinajstić information content (AvgIpc) is 2.97. The number of nitrogens with zero attached hydrogens (tertiary/aromatic N) is 3. The highest BCUT2D eigenvalue weighted by Gasteiger charge is 2.16. The van der Waals surface area contributed by atoms with E-state index in [9.17, 15) is 0 Å². The van der Waals surface area contributed by atoms with E-state index in [-0.39, 0.29) is 0 Å². The van der Waals surface area contributed by atoms with Gasteiger partial charge in [0.05, 0.1) is 18.4 Å². The Hall–Kier alpha value is -2.36. The first-order valence-corrected chi connectivity index (χ1v) is 9.47. The fraction of sp³-hybridized carbons (Fsp3) is 0.455. The highest BCUT2D eigenvalue weighted by molar-refractivity contribution is 5.85. The van der Waals surface area contributed by atoms with Crippen LogP contribution in [0.15, 0.2) is 24.4 Å². The molecule has 0 atom stereocenters. The molecule has 0 amide bonds. The number of aromatic nitrogens is 3. The molecule has 0 aromatic carbocycles. The second kappa shape index (κ2) is 8.35. The number of fused-ring (bicyclic) bond motifs is 1. The van der Waals surface area contributed by atoms with Gasteiger partial charge in [0.1, 0.15) is 5.65 Å². The molecule has 0 spiro atoms. The van der Waals surface area contributed by atoms with Crippen molar-refractivity contribution >= 4 is 11.0 Å². The second-order valence-electron chi connectivity index (χ2n) is 6.59. The molecule has 0 saturated heterocycles. The topological polar surface area (TPSA) is 39.9 Å². The summed E-state index contributed by atoms with van der Waals surface area (Å²) in [5, 5.41) is 1.23. The van der Waals surface area contributed by atoms with Crippen LogP contribution in [0, 0.1) is 6.92 Å². The van der Waals surface area contributed by atoms with E-state index in [2.05, 4.69) is 61.6 Å². The Kier molecular flexibility index (Phi) is 6.41.